The van der Waals surface area contributed by atoms with Gasteiger partial charge in [0.05, 0.1) is 7.11 Å². The summed E-state index contributed by atoms with van der Waals surface area (Å²) in [5, 5.41) is 2.84. The Balaban J connectivity index is 1.60. The molecule has 2 fully saturated rings. The number of hydrogen-bond acceptors (Lipinski definition) is 4. The Hall–Kier alpha value is -1.86. The van der Waals surface area contributed by atoms with Crippen LogP contribution in [0.3, 0.4) is 0 Å². The Morgan fingerprint density at radius 3 is 2.60 bits per heavy atom. The first-order chi connectivity index (χ1) is 11.9. The van der Waals surface area contributed by atoms with Crippen LogP contribution in [-0.4, -0.2) is 80.2 Å². The zero-order chi connectivity index (χ0) is 18.0. The van der Waals surface area contributed by atoms with Gasteiger partial charge in [-0.15, -0.1) is 0 Å². The van der Waals surface area contributed by atoms with Crippen LogP contribution in [0.1, 0.15) is 12.8 Å². The second kappa shape index (κ2) is 7.17. The zero-order valence-corrected chi connectivity index (χ0v) is 15.2. The Bertz CT molecular complexity index is 632. The molecule has 0 atom stereocenters. The third-order valence-electron chi connectivity index (χ3n) is 5.57. The van der Waals surface area contributed by atoms with Crippen molar-refractivity contribution in [2.45, 2.75) is 18.4 Å². The number of methoxy groups -OCH3 is 1. The van der Waals surface area contributed by atoms with Crippen LogP contribution >= 0.6 is 0 Å². The fourth-order valence-corrected chi connectivity index (χ4v) is 3.87. The summed E-state index contributed by atoms with van der Waals surface area (Å²) in [6.07, 6.45) is 1.93. The summed E-state index contributed by atoms with van der Waals surface area (Å²) in [5.41, 5.74) is 0.709. The summed E-state index contributed by atoms with van der Waals surface area (Å²) in [5.74, 6) is -0.313. The molecular weight excluding hydrogens is 323 g/mol. The minimum atomic E-state index is -0.440. The predicted octanol–water partition coefficient (Wildman–Crippen LogP) is 2.08. The Labute approximate surface area is 148 Å². The van der Waals surface area contributed by atoms with Gasteiger partial charge in [0.25, 0.3) is 0 Å². The van der Waals surface area contributed by atoms with E-state index in [0.29, 0.717) is 5.69 Å². The maximum atomic E-state index is 13.5. The van der Waals surface area contributed by atoms with E-state index in [-0.39, 0.29) is 17.3 Å². The lowest BCUT2D eigenvalue weighted by Crippen LogP contribution is -2.64. The average molecular weight is 350 g/mol. The van der Waals surface area contributed by atoms with Crippen molar-refractivity contribution < 1.29 is 13.9 Å². The number of nitrogens with zero attached hydrogens (tertiary/aromatic N) is 3. The van der Waals surface area contributed by atoms with E-state index in [1.165, 1.54) is 19.2 Å². The molecule has 7 heteroatoms. The molecule has 3 rings (SSSR count). The molecular formula is C18H27FN4O2. The van der Waals surface area contributed by atoms with E-state index >= 15 is 0 Å². The third kappa shape index (κ3) is 3.72. The number of urea groups is 1. The molecule has 0 saturated carbocycles. The van der Waals surface area contributed by atoms with Gasteiger partial charge in [0, 0.05) is 50.0 Å². The lowest BCUT2D eigenvalue weighted by Gasteiger charge is -2.52. The lowest BCUT2D eigenvalue weighted by atomic mass is 9.84. The molecule has 0 unspecified atom stereocenters. The predicted molar refractivity (Wildman–Crippen MR) is 95.6 cm³/mol. The smallest absolute Gasteiger partial charge is 0.321 e. The molecule has 0 aliphatic carbocycles. The van der Waals surface area contributed by atoms with Crippen molar-refractivity contribution in [1.29, 1.82) is 0 Å². The van der Waals surface area contributed by atoms with Gasteiger partial charge < -0.3 is 19.9 Å². The van der Waals surface area contributed by atoms with E-state index < -0.39 is 5.82 Å². The van der Waals surface area contributed by atoms with Gasteiger partial charge in [-0.2, -0.15) is 0 Å². The van der Waals surface area contributed by atoms with Crippen LogP contribution in [0.5, 0.6) is 5.75 Å². The van der Waals surface area contributed by atoms with E-state index in [9.17, 15) is 9.18 Å². The number of likely N-dealkylation sites (tertiary alicyclic amines) is 1. The number of piperidine rings is 1. The molecule has 2 amide bonds. The number of benzene rings is 1. The van der Waals surface area contributed by atoms with Gasteiger partial charge in [-0.25, -0.2) is 9.18 Å². The van der Waals surface area contributed by atoms with Crippen molar-refractivity contribution >= 4 is 11.7 Å². The SMILES string of the molecule is COc1cc(NC(=O)N2CCC3(CC2)CN(C)CCN3C)ccc1F. The molecule has 0 aromatic heterocycles. The van der Waals surface area contributed by atoms with E-state index in [4.69, 9.17) is 4.74 Å². The fraction of sp³-hybridized carbons (Fsp3) is 0.611. The van der Waals surface area contributed by atoms with Crippen LogP contribution in [0.15, 0.2) is 18.2 Å². The van der Waals surface area contributed by atoms with Crippen LogP contribution in [0.4, 0.5) is 14.9 Å². The number of nitrogens with one attached hydrogen (secondary N) is 1. The van der Waals surface area contributed by atoms with E-state index in [1.54, 1.807) is 6.07 Å². The summed E-state index contributed by atoms with van der Waals surface area (Å²) < 4.78 is 18.4. The maximum absolute atomic E-state index is 13.5. The number of halogens is 1. The Morgan fingerprint density at radius 1 is 1.20 bits per heavy atom. The molecule has 1 aromatic carbocycles. The van der Waals surface area contributed by atoms with Gasteiger partial charge in [-0.05, 0) is 39.1 Å². The molecule has 2 aliphatic rings. The molecule has 0 bridgehead atoms. The number of ether oxygens (including phenoxy) is 1. The Kier molecular flexibility index (Phi) is 5.15. The first-order valence-electron chi connectivity index (χ1n) is 8.73. The number of carbonyl (C=O) groups is 1. The van der Waals surface area contributed by atoms with Gasteiger partial charge in [0.1, 0.15) is 0 Å². The van der Waals surface area contributed by atoms with Gasteiger partial charge in [0.15, 0.2) is 11.6 Å². The molecule has 2 aliphatic heterocycles. The van der Waals surface area contributed by atoms with Crippen molar-refractivity contribution in [1.82, 2.24) is 14.7 Å². The summed E-state index contributed by atoms with van der Waals surface area (Å²) in [6, 6.07) is 4.20. The Morgan fingerprint density at radius 2 is 1.92 bits per heavy atom. The average Bonchev–Trinajstić information content (AvgIpc) is 2.60. The maximum Gasteiger partial charge on any atom is 0.321 e. The van der Waals surface area contributed by atoms with E-state index in [0.717, 1.165) is 45.6 Å². The molecule has 25 heavy (non-hydrogen) atoms. The minimum absolute atomic E-state index is 0.127. The molecule has 0 radical (unpaired) electrons. The van der Waals surface area contributed by atoms with E-state index in [1.807, 2.05) is 4.90 Å². The van der Waals surface area contributed by atoms with Crippen LogP contribution in [0.25, 0.3) is 0 Å². The summed E-state index contributed by atoms with van der Waals surface area (Å²) >= 11 is 0. The first-order valence-corrected chi connectivity index (χ1v) is 8.73. The van der Waals surface area contributed by atoms with Crippen LogP contribution in [0, 0.1) is 5.82 Å². The standard InChI is InChI=1S/C18H27FN4O2/c1-21-10-11-22(2)18(13-21)6-8-23(9-7-18)17(24)20-14-4-5-15(19)16(12-14)25-3/h4-5,12H,6-11,13H2,1-3H3,(H,20,24). The highest BCUT2D eigenvalue weighted by atomic mass is 19.1. The van der Waals surface area contributed by atoms with Crippen molar-refractivity contribution in [3.05, 3.63) is 24.0 Å². The van der Waals surface area contributed by atoms with Crippen LogP contribution < -0.4 is 10.1 Å². The molecule has 6 nitrogen and oxygen atoms in total. The lowest BCUT2D eigenvalue weighted by molar-refractivity contribution is -0.0110. The van der Waals surface area contributed by atoms with Crippen molar-refractivity contribution in [2.75, 3.05) is 59.2 Å². The second-order valence-corrected chi connectivity index (χ2v) is 7.15. The molecule has 1 aromatic rings. The number of likely N-dealkylation sites (N-methyl/N-ethyl adjacent to an activating group) is 2. The third-order valence-corrected chi connectivity index (χ3v) is 5.57. The first kappa shape index (κ1) is 17.9. The molecule has 2 saturated heterocycles. The van der Waals surface area contributed by atoms with Crippen molar-refractivity contribution in [2.24, 2.45) is 0 Å². The quantitative estimate of drug-likeness (QED) is 0.887. The largest absolute Gasteiger partial charge is 0.494 e. The van der Waals surface area contributed by atoms with Gasteiger partial charge in [0.2, 0.25) is 0 Å². The highest BCUT2D eigenvalue weighted by Gasteiger charge is 2.42. The second-order valence-electron chi connectivity index (χ2n) is 7.15. The van der Waals surface area contributed by atoms with E-state index in [2.05, 4.69) is 29.2 Å². The number of carbonyl (C=O) groups excluding carboxylic acids is 1. The minimum Gasteiger partial charge on any atom is -0.494 e. The monoisotopic (exact) mass is 350 g/mol. The van der Waals surface area contributed by atoms with Gasteiger partial charge in [-0.1, -0.05) is 0 Å². The highest BCUT2D eigenvalue weighted by molar-refractivity contribution is 5.89. The van der Waals surface area contributed by atoms with Crippen LogP contribution in [0.2, 0.25) is 0 Å². The topological polar surface area (TPSA) is 48.1 Å². The highest BCUT2D eigenvalue weighted by Crippen LogP contribution is 2.31. The normalized spacial score (nSPS) is 21.4. The molecule has 138 valence electrons. The van der Waals surface area contributed by atoms with Gasteiger partial charge >= 0.3 is 6.03 Å². The summed E-state index contributed by atoms with van der Waals surface area (Å²) in [7, 11) is 5.76. The zero-order valence-electron chi connectivity index (χ0n) is 15.2. The molecule has 1 N–H and O–H groups in total. The fourth-order valence-electron chi connectivity index (χ4n) is 3.87. The van der Waals surface area contributed by atoms with Crippen molar-refractivity contribution in [3.63, 3.8) is 0 Å². The number of amides is 2. The van der Waals surface area contributed by atoms with Gasteiger partial charge in [-0.3, -0.25) is 4.90 Å². The molecule has 1 spiro atoms. The number of piperazine rings is 1. The summed E-state index contributed by atoms with van der Waals surface area (Å²) in [4.78, 5) is 19.2. The molecule has 2 heterocycles. The summed E-state index contributed by atoms with van der Waals surface area (Å²) in [6.45, 7) is 4.66. The van der Waals surface area contributed by atoms with Crippen LogP contribution in [-0.2, 0) is 0 Å². The number of anilines is 1. The van der Waals surface area contributed by atoms with Crippen molar-refractivity contribution in [3.8, 4) is 5.75 Å². The number of rotatable bonds is 2. The number of hydrogen-bond donors (Lipinski definition) is 1.